The van der Waals surface area contributed by atoms with Crippen LogP contribution in [0, 0.1) is 5.82 Å². The molecule has 2 atom stereocenters. The minimum atomic E-state index is -0.709. The molecule has 0 radical (unpaired) electrons. The Bertz CT molecular complexity index is 1010. The van der Waals surface area contributed by atoms with Crippen molar-refractivity contribution >= 4 is 29.8 Å². The summed E-state index contributed by atoms with van der Waals surface area (Å²) in [5.74, 6) is -1.99. The van der Waals surface area contributed by atoms with Crippen LogP contribution in [-0.4, -0.2) is 55.1 Å². The van der Waals surface area contributed by atoms with E-state index in [4.69, 9.17) is 5.73 Å². The number of phenols is 1. The van der Waals surface area contributed by atoms with Crippen molar-refractivity contribution in [1.82, 2.24) is 10.6 Å². The van der Waals surface area contributed by atoms with Gasteiger partial charge in [-0.05, 0) is 62.9 Å². The fraction of sp³-hybridized carbons (Fsp3) is 0.440. The Kier molecular flexibility index (Phi) is 8.88. The number of hydrogen-bond acceptors (Lipinski definition) is 6. The van der Waals surface area contributed by atoms with E-state index in [1.807, 2.05) is 4.90 Å². The monoisotopic (exact) mass is 490 g/mol. The molecule has 0 spiro atoms. The van der Waals surface area contributed by atoms with Crippen molar-refractivity contribution in [1.29, 1.82) is 0 Å². The lowest BCUT2D eigenvalue weighted by molar-refractivity contribution is 0.0928. The van der Waals surface area contributed by atoms with Gasteiger partial charge in [-0.3, -0.25) is 9.59 Å². The normalized spacial score (nSPS) is 20.7. The molecule has 34 heavy (non-hydrogen) atoms. The SMILES string of the molecule is Cl.N[C@@H]1CNCCC[C@H]1NC(=O)c1ccc(C(=O)c2c(O)ccc(N3CCCCC3)c2F)cc1. The number of ketones is 1. The molecule has 0 saturated carbocycles. The van der Waals surface area contributed by atoms with Crippen molar-refractivity contribution in [3.63, 3.8) is 0 Å². The van der Waals surface area contributed by atoms with Crippen molar-refractivity contribution in [2.45, 2.75) is 44.2 Å². The number of halogens is 2. The lowest BCUT2D eigenvalue weighted by Crippen LogP contribution is -2.50. The van der Waals surface area contributed by atoms with Gasteiger partial charge in [0.25, 0.3) is 5.91 Å². The standard InChI is InChI=1S/C25H31FN4O3.ClH/c26-23-20(30-13-2-1-3-14-30)10-11-21(31)22(23)24(32)16-6-8-17(9-7-16)25(33)29-19-5-4-12-28-15-18(19)27;/h6-11,18-19,28,31H,1-5,12-15,27H2,(H,29,33);1H/t18-,19-;/m1./s1. The summed E-state index contributed by atoms with van der Waals surface area (Å²) >= 11 is 0. The highest BCUT2D eigenvalue weighted by Crippen LogP contribution is 2.32. The summed E-state index contributed by atoms with van der Waals surface area (Å²) < 4.78 is 15.3. The van der Waals surface area contributed by atoms with Gasteiger partial charge in [-0.1, -0.05) is 12.1 Å². The summed E-state index contributed by atoms with van der Waals surface area (Å²) in [6.45, 7) is 2.96. The van der Waals surface area contributed by atoms with E-state index < -0.39 is 17.3 Å². The molecule has 2 fully saturated rings. The Morgan fingerprint density at radius 1 is 1.03 bits per heavy atom. The number of carbonyl (C=O) groups is 2. The van der Waals surface area contributed by atoms with E-state index in [1.165, 1.54) is 36.4 Å². The van der Waals surface area contributed by atoms with Crippen LogP contribution in [0.4, 0.5) is 10.1 Å². The van der Waals surface area contributed by atoms with Crippen LogP contribution in [0.1, 0.15) is 58.4 Å². The van der Waals surface area contributed by atoms with E-state index in [2.05, 4.69) is 10.6 Å². The van der Waals surface area contributed by atoms with E-state index >= 15 is 4.39 Å². The molecule has 9 heteroatoms. The Hall–Kier alpha value is -2.68. The number of anilines is 1. The van der Waals surface area contributed by atoms with Crippen LogP contribution < -0.4 is 21.3 Å². The molecule has 7 nitrogen and oxygen atoms in total. The van der Waals surface area contributed by atoms with Gasteiger partial charge in [0.15, 0.2) is 11.6 Å². The van der Waals surface area contributed by atoms with Crippen LogP contribution in [0.5, 0.6) is 5.75 Å². The number of nitrogens with one attached hydrogen (secondary N) is 2. The zero-order chi connectivity index (χ0) is 23.4. The first kappa shape index (κ1) is 25.9. The molecule has 2 aromatic carbocycles. The summed E-state index contributed by atoms with van der Waals surface area (Å²) in [7, 11) is 0. The average Bonchev–Trinajstić information content (AvgIpc) is 3.03. The lowest BCUT2D eigenvalue weighted by Gasteiger charge is -2.29. The van der Waals surface area contributed by atoms with Gasteiger partial charge in [0, 0.05) is 42.8 Å². The molecule has 4 rings (SSSR count). The zero-order valence-corrected chi connectivity index (χ0v) is 19.9. The first-order valence-corrected chi connectivity index (χ1v) is 11.6. The third-order valence-corrected chi connectivity index (χ3v) is 6.51. The van der Waals surface area contributed by atoms with E-state index in [1.54, 1.807) is 0 Å². The van der Waals surface area contributed by atoms with Gasteiger partial charge >= 0.3 is 0 Å². The Balaban J connectivity index is 0.00000324. The van der Waals surface area contributed by atoms with Gasteiger partial charge in [-0.15, -0.1) is 12.4 Å². The minimum absolute atomic E-state index is 0. The predicted molar refractivity (Wildman–Crippen MR) is 133 cm³/mol. The molecule has 2 aliphatic heterocycles. The van der Waals surface area contributed by atoms with E-state index in [9.17, 15) is 14.7 Å². The van der Waals surface area contributed by atoms with Gasteiger partial charge in [0.05, 0.1) is 5.69 Å². The maximum Gasteiger partial charge on any atom is 0.251 e. The van der Waals surface area contributed by atoms with Gasteiger partial charge in [-0.25, -0.2) is 4.39 Å². The van der Waals surface area contributed by atoms with Gasteiger partial charge in [-0.2, -0.15) is 0 Å². The quantitative estimate of drug-likeness (QED) is 0.480. The number of nitrogens with zero attached hydrogens (tertiary/aromatic N) is 1. The van der Waals surface area contributed by atoms with Crippen LogP contribution in [0.3, 0.4) is 0 Å². The summed E-state index contributed by atoms with van der Waals surface area (Å²) in [5, 5.41) is 16.5. The number of aromatic hydroxyl groups is 1. The summed E-state index contributed by atoms with van der Waals surface area (Å²) in [6, 6.07) is 8.63. The predicted octanol–water partition coefficient (Wildman–Crippen LogP) is 2.98. The second-order valence-corrected chi connectivity index (χ2v) is 8.84. The zero-order valence-electron chi connectivity index (χ0n) is 19.1. The number of benzene rings is 2. The molecule has 0 bridgehead atoms. The van der Waals surface area contributed by atoms with Crippen molar-refractivity contribution in [3.05, 3.63) is 58.9 Å². The summed E-state index contributed by atoms with van der Waals surface area (Å²) in [6.07, 6.45) is 4.76. The third-order valence-electron chi connectivity index (χ3n) is 6.51. The largest absolute Gasteiger partial charge is 0.507 e. The highest BCUT2D eigenvalue weighted by Gasteiger charge is 2.26. The maximum absolute atomic E-state index is 15.3. The summed E-state index contributed by atoms with van der Waals surface area (Å²) in [5.41, 5.74) is 6.73. The topological polar surface area (TPSA) is 108 Å². The van der Waals surface area contributed by atoms with Crippen LogP contribution in [0.15, 0.2) is 36.4 Å². The van der Waals surface area contributed by atoms with Crippen molar-refractivity contribution in [3.8, 4) is 5.75 Å². The average molecular weight is 491 g/mol. The van der Waals surface area contributed by atoms with Gasteiger partial charge in [0.2, 0.25) is 0 Å². The molecule has 0 aliphatic carbocycles. The molecule has 184 valence electrons. The number of rotatable bonds is 5. The van der Waals surface area contributed by atoms with Crippen LogP contribution in [0.2, 0.25) is 0 Å². The number of hydrogen-bond donors (Lipinski definition) is 4. The van der Waals surface area contributed by atoms with Crippen LogP contribution in [0.25, 0.3) is 0 Å². The molecule has 1 amide bonds. The molecular formula is C25H32ClFN4O3. The fourth-order valence-corrected chi connectivity index (χ4v) is 4.57. The smallest absolute Gasteiger partial charge is 0.251 e. The van der Waals surface area contributed by atoms with Crippen molar-refractivity contribution in [2.24, 2.45) is 5.73 Å². The molecule has 2 aliphatic rings. The minimum Gasteiger partial charge on any atom is -0.507 e. The summed E-state index contributed by atoms with van der Waals surface area (Å²) in [4.78, 5) is 27.6. The highest BCUT2D eigenvalue weighted by atomic mass is 35.5. The number of piperidine rings is 1. The van der Waals surface area contributed by atoms with Gasteiger partial charge in [0.1, 0.15) is 11.3 Å². The fourth-order valence-electron chi connectivity index (χ4n) is 4.57. The van der Waals surface area contributed by atoms with Crippen molar-refractivity contribution in [2.75, 3.05) is 31.1 Å². The second-order valence-electron chi connectivity index (χ2n) is 8.84. The molecule has 2 saturated heterocycles. The first-order valence-electron chi connectivity index (χ1n) is 11.6. The van der Waals surface area contributed by atoms with Gasteiger partial charge < -0.3 is 26.4 Å². The highest BCUT2D eigenvalue weighted by molar-refractivity contribution is 6.11. The molecule has 0 unspecified atom stereocenters. The molecule has 5 N–H and O–H groups in total. The third kappa shape index (κ3) is 5.68. The van der Waals surface area contributed by atoms with E-state index in [-0.39, 0.29) is 41.5 Å². The van der Waals surface area contributed by atoms with E-state index in [0.717, 1.165) is 51.7 Å². The van der Waals surface area contributed by atoms with E-state index in [0.29, 0.717) is 17.8 Å². The Morgan fingerprint density at radius 3 is 2.41 bits per heavy atom. The number of amides is 1. The molecule has 2 heterocycles. The maximum atomic E-state index is 15.3. The Morgan fingerprint density at radius 2 is 1.71 bits per heavy atom. The van der Waals surface area contributed by atoms with Crippen LogP contribution >= 0.6 is 12.4 Å². The second kappa shape index (κ2) is 11.6. The van der Waals surface area contributed by atoms with Crippen molar-refractivity contribution < 1.29 is 19.1 Å². The Labute approximate surface area is 205 Å². The number of phenolic OH excluding ortho intramolecular Hbond substituents is 1. The first-order chi connectivity index (χ1) is 16.0. The van der Waals surface area contributed by atoms with Crippen LogP contribution in [-0.2, 0) is 0 Å². The number of nitrogens with two attached hydrogens (primary N) is 1. The molecular weight excluding hydrogens is 459 g/mol. The number of carbonyl (C=O) groups excluding carboxylic acids is 2. The molecule has 0 aromatic heterocycles. The lowest BCUT2D eigenvalue weighted by atomic mass is 9.98. The molecule has 2 aromatic rings.